The largest absolute Gasteiger partial charge is 0.451 e. The van der Waals surface area contributed by atoms with Gasteiger partial charge >= 0.3 is 11.7 Å². The summed E-state index contributed by atoms with van der Waals surface area (Å²) in [6.45, 7) is 0.650. The number of aromatic amines is 1. The molecule has 0 bridgehead atoms. The molecule has 10 nitrogen and oxygen atoms in total. The van der Waals surface area contributed by atoms with Crippen molar-refractivity contribution < 1.29 is 29.6 Å². The normalized spacial score (nSPS) is 31.9. The van der Waals surface area contributed by atoms with Crippen LogP contribution in [0, 0.1) is 6.92 Å². The Morgan fingerprint density at radius 3 is 2.71 bits per heavy atom. The van der Waals surface area contributed by atoms with Gasteiger partial charge in [0.1, 0.15) is 11.7 Å². The Balaban J connectivity index is 1.74. The lowest BCUT2D eigenvalue weighted by molar-refractivity contribution is -0.209. The quantitative estimate of drug-likeness (QED) is 0.370. The minimum atomic E-state index is -2.08. The van der Waals surface area contributed by atoms with Crippen molar-refractivity contribution in [2.45, 2.75) is 43.0 Å². The number of nitrogens with zero attached hydrogens (tertiary/aromatic N) is 1. The second-order valence-corrected chi connectivity index (χ2v) is 7.73. The molecule has 2 aliphatic rings. The van der Waals surface area contributed by atoms with Gasteiger partial charge in [0.05, 0.1) is 12.2 Å². The van der Waals surface area contributed by atoms with E-state index in [0.29, 0.717) is 0 Å². The Morgan fingerprint density at radius 2 is 2.03 bits per heavy atom. The molecule has 0 saturated carbocycles. The molecular formula is C21H22N2O8. The van der Waals surface area contributed by atoms with E-state index in [9.17, 15) is 29.7 Å². The van der Waals surface area contributed by atoms with E-state index in [1.165, 1.54) is 25.3 Å². The highest BCUT2D eigenvalue weighted by molar-refractivity contribution is 5.89. The van der Waals surface area contributed by atoms with Crippen molar-refractivity contribution in [2.24, 2.45) is 0 Å². The maximum absolute atomic E-state index is 12.6. The summed E-state index contributed by atoms with van der Waals surface area (Å²) in [4.78, 5) is 38.8. The zero-order valence-corrected chi connectivity index (χ0v) is 16.6. The Bertz CT molecular complexity index is 1140. The van der Waals surface area contributed by atoms with E-state index >= 15 is 0 Å². The SMILES string of the molecule is Cc1cn([C@@H]2O[C@@]3(CO)[C@@H](OC(=O)c4ccccc4)C=CC[C@]3(O)[C@H]2O)c(=O)[nH]c1=O. The third-order valence-corrected chi connectivity index (χ3v) is 5.92. The lowest BCUT2D eigenvalue weighted by atomic mass is 9.72. The van der Waals surface area contributed by atoms with Crippen LogP contribution < -0.4 is 11.2 Å². The number of ether oxygens (including phenoxy) is 2. The van der Waals surface area contributed by atoms with Crippen molar-refractivity contribution in [1.29, 1.82) is 0 Å². The fourth-order valence-corrected chi connectivity index (χ4v) is 4.14. The van der Waals surface area contributed by atoms with Crippen molar-refractivity contribution in [2.75, 3.05) is 6.61 Å². The molecule has 1 aromatic carbocycles. The molecule has 0 spiro atoms. The molecular weight excluding hydrogens is 408 g/mol. The number of hydrogen-bond donors (Lipinski definition) is 4. The summed E-state index contributed by atoms with van der Waals surface area (Å²) in [5.74, 6) is -0.717. The Labute approximate surface area is 176 Å². The summed E-state index contributed by atoms with van der Waals surface area (Å²) < 4.78 is 12.4. The number of benzene rings is 1. The minimum absolute atomic E-state index is 0.123. The van der Waals surface area contributed by atoms with E-state index in [1.807, 2.05) is 0 Å². The number of rotatable bonds is 4. The summed E-state index contributed by atoms with van der Waals surface area (Å²) in [5, 5.41) is 32.6. The number of aryl methyl sites for hydroxylation is 1. The number of hydrogen-bond acceptors (Lipinski definition) is 8. The standard InChI is InChI=1S/C21H22N2O8/c1-12-10-23(19(28)22-16(12)26)17-15(25)20(29)9-5-8-14(21(20,11-24)31-17)30-18(27)13-6-3-2-4-7-13/h2-8,10,14-15,17,24-25,29H,9,11H2,1H3,(H,22,26,28)/t14-,15-,17+,20-,21-/m0/s1. The molecule has 5 atom stereocenters. The summed E-state index contributed by atoms with van der Waals surface area (Å²) >= 11 is 0. The first kappa shape index (κ1) is 21.2. The Hall–Kier alpha value is -3.05. The van der Waals surface area contributed by atoms with Crippen LogP contribution in [0.4, 0.5) is 0 Å². The molecule has 4 N–H and O–H groups in total. The van der Waals surface area contributed by atoms with Gasteiger partial charge in [-0.15, -0.1) is 0 Å². The number of aliphatic hydroxyl groups excluding tert-OH is 2. The van der Waals surface area contributed by atoms with Crippen LogP contribution in [0.15, 0.2) is 58.3 Å². The average Bonchev–Trinajstić information content (AvgIpc) is 3.00. The van der Waals surface area contributed by atoms with Crippen molar-refractivity contribution in [3.05, 3.63) is 80.6 Å². The van der Waals surface area contributed by atoms with Crippen LogP contribution in [0.3, 0.4) is 0 Å². The third-order valence-electron chi connectivity index (χ3n) is 5.92. The molecule has 1 fully saturated rings. The van der Waals surface area contributed by atoms with Gasteiger partial charge in [0.2, 0.25) is 0 Å². The topological polar surface area (TPSA) is 151 Å². The predicted octanol–water partition coefficient (Wildman–Crippen LogP) is -0.618. The van der Waals surface area contributed by atoms with Crippen molar-refractivity contribution >= 4 is 5.97 Å². The molecule has 1 aliphatic heterocycles. The van der Waals surface area contributed by atoms with E-state index in [4.69, 9.17) is 9.47 Å². The number of H-pyrrole nitrogens is 1. The predicted molar refractivity (Wildman–Crippen MR) is 106 cm³/mol. The van der Waals surface area contributed by atoms with Crippen molar-refractivity contribution in [3.63, 3.8) is 0 Å². The summed E-state index contributed by atoms with van der Waals surface area (Å²) in [5.41, 5.74) is -5.05. The maximum atomic E-state index is 12.6. The molecule has 31 heavy (non-hydrogen) atoms. The summed E-state index contributed by atoms with van der Waals surface area (Å²) in [6, 6.07) is 8.13. The smallest absolute Gasteiger partial charge is 0.338 e. The average molecular weight is 430 g/mol. The molecule has 164 valence electrons. The maximum Gasteiger partial charge on any atom is 0.338 e. The highest BCUT2D eigenvalue weighted by Gasteiger charge is 2.70. The van der Waals surface area contributed by atoms with Crippen molar-refractivity contribution in [3.8, 4) is 0 Å². The van der Waals surface area contributed by atoms with Gasteiger partial charge in [-0.2, -0.15) is 0 Å². The number of carbonyl (C=O) groups is 1. The van der Waals surface area contributed by atoms with Gasteiger partial charge < -0.3 is 24.8 Å². The molecule has 0 radical (unpaired) electrons. The molecule has 2 aromatic rings. The number of aromatic nitrogens is 2. The van der Waals surface area contributed by atoms with Gasteiger partial charge in [0.25, 0.3) is 5.56 Å². The lowest BCUT2D eigenvalue weighted by Crippen LogP contribution is -2.66. The molecule has 2 heterocycles. The second kappa shape index (κ2) is 7.57. The van der Waals surface area contributed by atoms with Crippen LogP contribution in [0.2, 0.25) is 0 Å². The Morgan fingerprint density at radius 1 is 1.32 bits per heavy atom. The number of aliphatic hydroxyl groups is 3. The fourth-order valence-electron chi connectivity index (χ4n) is 4.14. The zero-order valence-electron chi connectivity index (χ0n) is 16.6. The molecule has 10 heteroatoms. The molecule has 0 unspecified atom stereocenters. The van der Waals surface area contributed by atoms with E-state index < -0.39 is 53.5 Å². The van der Waals surface area contributed by atoms with Crippen LogP contribution in [0.25, 0.3) is 0 Å². The van der Waals surface area contributed by atoms with Crippen molar-refractivity contribution in [1.82, 2.24) is 9.55 Å². The van der Waals surface area contributed by atoms with Crippen LogP contribution in [-0.2, 0) is 9.47 Å². The van der Waals surface area contributed by atoms with Gasteiger partial charge in [-0.05, 0) is 25.1 Å². The van der Waals surface area contributed by atoms with Crippen LogP contribution in [0.1, 0.15) is 28.6 Å². The van der Waals surface area contributed by atoms with E-state index in [0.717, 1.165) is 4.57 Å². The lowest BCUT2D eigenvalue weighted by Gasteiger charge is -2.45. The second-order valence-electron chi connectivity index (χ2n) is 7.73. The summed E-state index contributed by atoms with van der Waals surface area (Å²) in [6.07, 6.45) is -0.346. The molecule has 0 amide bonds. The minimum Gasteiger partial charge on any atom is -0.451 e. The molecule has 4 rings (SSSR count). The number of carbonyl (C=O) groups excluding carboxylic acids is 1. The Kier molecular flexibility index (Phi) is 5.18. The number of fused-ring (bicyclic) bond motifs is 1. The molecule has 1 aromatic heterocycles. The first-order chi connectivity index (χ1) is 14.7. The fraction of sp³-hybridized carbons (Fsp3) is 0.381. The van der Waals surface area contributed by atoms with E-state index in [-0.39, 0.29) is 17.5 Å². The van der Waals surface area contributed by atoms with Crippen LogP contribution in [-0.4, -0.2) is 60.9 Å². The first-order valence-corrected chi connectivity index (χ1v) is 9.67. The monoisotopic (exact) mass is 430 g/mol. The highest BCUT2D eigenvalue weighted by Crippen LogP contribution is 2.51. The number of esters is 1. The molecule has 1 aliphatic carbocycles. The van der Waals surface area contributed by atoms with Gasteiger partial charge in [0.15, 0.2) is 17.9 Å². The van der Waals surface area contributed by atoms with Gasteiger partial charge in [-0.25, -0.2) is 9.59 Å². The van der Waals surface area contributed by atoms with Gasteiger partial charge in [0, 0.05) is 18.2 Å². The van der Waals surface area contributed by atoms with E-state index in [1.54, 1.807) is 30.3 Å². The van der Waals surface area contributed by atoms with Crippen LogP contribution in [0.5, 0.6) is 0 Å². The molecule has 1 saturated heterocycles. The summed E-state index contributed by atoms with van der Waals surface area (Å²) in [7, 11) is 0. The van der Waals surface area contributed by atoms with Gasteiger partial charge in [-0.3, -0.25) is 14.3 Å². The van der Waals surface area contributed by atoms with E-state index in [2.05, 4.69) is 4.98 Å². The zero-order chi connectivity index (χ0) is 22.4. The van der Waals surface area contributed by atoms with Gasteiger partial charge in [-0.1, -0.05) is 24.3 Å². The van der Waals surface area contributed by atoms with Crippen LogP contribution >= 0.6 is 0 Å². The highest BCUT2D eigenvalue weighted by atomic mass is 16.6. The number of nitrogens with one attached hydrogen (secondary N) is 1. The first-order valence-electron chi connectivity index (χ1n) is 9.67. The third kappa shape index (κ3) is 3.15.